The summed E-state index contributed by atoms with van der Waals surface area (Å²) >= 11 is 0. The van der Waals surface area contributed by atoms with Crippen molar-refractivity contribution >= 4 is 17.0 Å². The molecule has 3 N–H and O–H groups in total. The number of nitrogens with zero attached hydrogens (tertiary/aromatic N) is 2. The van der Waals surface area contributed by atoms with Crippen LogP contribution in [0.2, 0.25) is 0 Å². The van der Waals surface area contributed by atoms with E-state index in [1.807, 2.05) is 13.8 Å². The van der Waals surface area contributed by atoms with Gasteiger partial charge in [-0.15, -0.1) is 0 Å². The SMILES string of the molecule is Cc1cc(C(=O)NC(C)(CN)CC(C)C)c2c(C)noc2n1. The van der Waals surface area contributed by atoms with Crippen LogP contribution in [0.3, 0.4) is 0 Å². The van der Waals surface area contributed by atoms with Crippen molar-refractivity contribution in [3.63, 3.8) is 0 Å². The smallest absolute Gasteiger partial charge is 0.258 e. The minimum Gasteiger partial charge on any atom is -0.346 e. The van der Waals surface area contributed by atoms with E-state index in [1.54, 1.807) is 13.0 Å². The zero-order valence-electron chi connectivity index (χ0n) is 13.9. The van der Waals surface area contributed by atoms with Gasteiger partial charge in [-0.3, -0.25) is 4.79 Å². The van der Waals surface area contributed by atoms with Crippen molar-refractivity contribution in [2.45, 2.75) is 46.6 Å². The second-order valence-electron chi connectivity index (χ2n) is 6.58. The largest absolute Gasteiger partial charge is 0.346 e. The van der Waals surface area contributed by atoms with Gasteiger partial charge in [-0.2, -0.15) is 0 Å². The van der Waals surface area contributed by atoms with E-state index in [2.05, 4.69) is 29.3 Å². The lowest BCUT2D eigenvalue weighted by molar-refractivity contribution is 0.0899. The summed E-state index contributed by atoms with van der Waals surface area (Å²) in [5, 5.41) is 7.63. The van der Waals surface area contributed by atoms with Crippen LogP contribution < -0.4 is 11.1 Å². The summed E-state index contributed by atoms with van der Waals surface area (Å²) in [6.07, 6.45) is 0.811. The third-order valence-electron chi connectivity index (χ3n) is 3.71. The number of fused-ring (bicyclic) bond motifs is 1. The number of aromatic nitrogens is 2. The monoisotopic (exact) mass is 304 g/mol. The van der Waals surface area contributed by atoms with Gasteiger partial charge in [-0.05, 0) is 39.2 Å². The minimum absolute atomic E-state index is 0.171. The van der Waals surface area contributed by atoms with Gasteiger partial charge in [0.1, 0.15) is 0 Å². The third kappa shape index (κ3) is 3.27. The summed E-state index contributed by atoms with van der Waals surface area (Å²) in [6, 6.07) is 1.76. The number of nitrogens with one attached hydrogen (secondary N) is 1. The van der Waals surface area contributed by atoms with Crippen LogP contribution >= 0.6 is 0 Å². The fraction of sp³-hybridized carbons (Fsp3) is 0.562. The first kappa shape index (κ1) is 16.4. The highest BCUT2D eigenvalue weighted by atomic mass is 16.5. The van der Waals surface area contributed by atoms with Crippen LogP contribution in [0, 0.1) is 19.8 Å². The number of aryl methyl sites for hydroxylation is 2. The Morgan fingerprint density at radius 3 is 2.73 bits per heavy atom. The lowest BCUT2D eigenvalue weighted by atomic mass is 9.90. The molecule has 0 bridgehead atoms. The number of nitrogens with two attached hydrogens (primary N) is 1. The van der Waals surface area contributed by atoms with E-state index >= 15 is 0 Å². The molecule has 1 amide bonds. The maximum atomic E-state index is 12.8. The van der Waals surface area contributed by atoms with Crippen molar-refractivity contribution in [2.75, 3.05) is 6.54 Å². The van der Waals surface area contributed by atoms with Gasteiger partial charge < -0.3 is 15.6 Å². The van der Waals surface area contributed by atoms with Crippen LogP contribution in [0.15, 0.2) is 10.6 Å². The van der Waals surface area contributed by atoms with Crippen molar-refractivity contribution < 1.29 is 9.32 Å². The summed E-state index contributed by atoms with van der Waals surface area (Å²) in [7, 11) is 0. The van der Waals surface area contributed by atoms with E-state index in [1.165, 1.54) is 0 Å². The molecule has 2 aromatic heterocycles. The summed E-state index contributed by atoms with van der Waals surface area (Å²) in [6.45, 7) is 10.2. The molecule has 0 radical (unpaired) electrons. The third-order valence-corrected chi connectivity index (χ3v) is 3.71. The molecule has 0 saturated carbocycles. The highest BCUT2D eigenvalue weighted by molar-refractivity contribution is 6.06. The molecule has 22 heavy (non-hydrogen) atoms. The number of carbonyl (C=O) groups is 1. The van der Waals surface area contributed by atoms with Crippen LogP contribution in [-0.4, -0.2) is 28.1 Å². The Morgan fingerprint density at radius 2 is 2.14 bits per heavy atom. The highest BCUT2D eigenvalue weighted by Crippen LogP contribution is 2.23. The van der Waals surface area contributed by atoms with Crippen LogP contribution in [0.5, 0.6) is 0 Å². The fourth-order valence-corrected chi connectivity index (χ4v) is 2.82. The Kier molecular flexibility index (Phi) is 4.51. The van der Waals surface area contributed by atoms with E-state index < -0.39 is 5.54 Å². The normalized spacial score (nSPS) is 14.3. The molecule has 0 aliphatic rings. The number of pyridine rings is 1. The first-order chi connectivity index (χ1) is 10.3. The van der Waals surface area contributed by atoms with E-state index in [9.17, 15) is 4.79 Å². The molecular weight excluding hydrogens is 280 g/mol. The topological polar surface area (TPSA) is 94.0 Å². The maximum Gasteiger partial charge on any atom is 0.258 e. The fourth-order valence-electron chi connectivity index (χ4n) is 2.82. The molecule has 0 aromatic carbocycles. The molecule has 120 valence electrons. The first-order valence-corrected chi connectivity index (χ1v) is 7.52. The van der Waals surface area contributed by atoms with Gasteiger partial charge in [-0.1, -0.05) is 19.0 Å². The first-order valence-electron chi connectivity index (χ1n) is 7.52. The molecule has 2 rings (SSSR count). The molecule has 0 saturated heterocycles. The Morgan fingerprint density at radius 1 is 1.45 bits per heavy atom. The zero-order valence-corrected chi connectivity index (χ0v) is 13.9. The Labute approximate surface area is 130 Å². The van der Waals surface area contributed by atoms with Gasteiger partial charge in [0.05, 0.1) is 16.6 Å². The second kappa shape index (κ2) is 6.04. The zero-order chi connectivity index (χ0) is 16.5. The van der Waals surface area contributed by atoms with Crippen LogP contribution in [0.25, 0.3) is 11.1 Å². The van der Waals surface area contributed by atoms with Crippen LogP contribution in [0.4, 0.5) is 0 Å². The van der Waals surface area contributed by atoms with Gasteiger partial charge >= 0.3 is 0 Å². The molecule has 6 nitrogen and oxygen atoms in total. The van der Waals surface area contributed by atoms with E-state index in [4.69, 9.17) is 10.3 Å². The predicted octanol–water partition coefficient (Wildman–Crippen LogP) is 2.33. The van der Waals surface area contributed by atoms with Gasteiger partial charge in [0.25, 0.3) is 11.6 Å². The number of rotatable bonds is 5. The summed E-state index contributed by atoms with van der Waals surface area (Å²) in [5.41, 5.74) is 7.73. The predicted molar refractivity (Wildman–Crippen MR) is 85.7 cm³/mol. The van der Waals surface area contributed by atoms with Gasteiger partial charge in [0.15, 0.2) is 0 Å². The summed E-state index contributed by atoms with van der Waals surface area (Å²) < 4.78 is 5.18. The Bertz CT molecular complexity index is 693. The van der Waals surface area contributed by atoms with E-state index in [0.717, 1.165) is 6.42 Å². The van der Waals surface area contributed by atoms with Crippen molar-refractivity contribution in [3.05, 3.63) is 23.0 Å². The highest BCUT2D eigenvalue weighted by Gasteiger charge is 2.28. The number of amides is 1. The lowest BCUT2D eigenvalue weighted by Crippen LogP contribution is -2.52. The quantitative estimate of drug-likeness (QED) is 0.884. The standard InChI is InChI=1S/C16H24N4O2/c1-9(2)7-16(5,8-17)19-14(21)12-6-10(3)18-15-13(12)11(4)20-22-15/h6,9H,7-8,17H2,1-5H3,(H,19,21). The van der Waals surface area contributed by atoms with Crippen molar-refractivity contribution in [1.82, 2.24) is 15.5 Å². The van der Waals surface area contributed by atoms with Crippen molar-refractivity contribution in [2.24, 2.45) is 11.7 Å². The number of hydrogen-bond acceptors (Lipinski definition) is 5. The molecule has 1 unspecified atom stereocenters. The molecule has 2 aromatic rings. The summed E-state index contributed by atoms with van der Waals surface area (Å²) in [5.74, 6) is 0.265. The molecule has 0 fully saturated rings. The van der Waals surface area contributed by atoms with Crippen LogP contribution in [0.1, 0.15) is 48.9 Å². The average molecular weight is 304 g/mol. The van der Waals surface area contributed by atoms with E-state index in [-0.39, 0.29) is 5.91 Å². The molecule has 2 heterocycles. The number of carbonyl (C=O) groups excluding carboxylic acids is 1. The van der Waals surface area contributed by atoms with Gasteiger partial charge in [0.2, 0.25) is 0 Å². The van der Waals surface area contributed by atoms with E-state index in [0.29, 0.717) is 40.5 Å². The molecule has 0 aliphatic carbocycles. The molecule has 6 heteroatoms. The molecule has 1 atom stereocenters. The van der Waals surface area contributed by atoms with Crippen molar-refractivity contribution in [3.8, 4) is 0 Å². The molecule has 0 aliphatic heterocycles. The Hall–Kier alpha value is -1.95. The molecule has 0 spiro atoms. The summed E-state index contributed by atoms with van der Waals surface area (Å²) in [4.78, 5) is 17.0. The van der Waals surface area contributed by atoms with Crippen molar-refractivity contribution in [1.29, 1.82) is 0 Å². The molecular formula is C16H24N4O2. The van der Waals surface area contributed by atoms with Crippen LogP contribution in [-0.2, 0) is 0 Å². The lowest BCUT2D eigenvalue weighted by Gasteiger charge is -2.31. The minimum atomic E-state index is -0.445. The van der Waals surface area contributed by atoms with Gasteiger partial charge in [-0.25, -0.2) is 4.98 Å². The Balaban J connectivity index is 2.39. The second-order valence-corrected chi connectivity index (χ2v) is 6.58. The maximum absolute atomic E-state index is 12.8. The van der Waals surface area contributed by atoms with Gasteiger partial charge in [0, 0.05) is 17.8 Å². The number of hydrogen-bond donors (Lipinski definition) is 2. The average Bonchev–Trinajstić information content (AvgIpc) is 2.78.